The number of allylic oxidation sites excluding steroid dienone is 1. The summed E-state index contributed by atoms with van der Waals surface area (Å²) in [7, 11) is 0. The summed E-state index contributed by atoms with van der Waals surface area (Å²) in [5.41, 5.74) is 1.76. The first-order valence-electron chi connectivity index (χ1n) is 8.76. The molecule has 130 valence electrons. The first kappa shape index (κ1) is 17.3. The van der Waals surface area contributed by atoms with Crippen LogP contribution >= 0.6 is 0 Å². The lowest BCUT2D eigenvalue weighted by atomic mass is 9.96. The lowest BCUT2D eigenvalue weighted by molar-refractivity contribution is 0.0362. The molecule has 0 spiro atoms. The van der Waals surface area contributed by atoms with E-state index in [2.05, 4.69) is 21.0 Å². The number of ether oxygens (including phenoxy) is 1. The van der Waals surface area contributed by atoms with Crippen molar-refractivity contribution in [3.8, 4) is 0 Å². The van der Waals surface area contributed by atoms with Crippen LogP contribution in [0, 0.1) is 5.92 Å². The topological polar surface area (TPSA) is 58.0 Å². The van der Waals surface area contributed by atoms with Crippen LogP contribution in [-0.4, -0.2) is 54.1 Å². The summed E-state index contributed by atoms with van der Waals surface area (Å²) in [6, 6.07) is 3.87. The second-order valence-electron chi connectivity index (χ2n) is 7.09. The Bertz CT molecular complexity index is 596. The van der Waals surface area contributed by atoms with Crippen LogP contribution in [0.4, 0.5) is 0 Å². The zero-order valence-corrected chi connectivity index (χ0v) is 14.6. The first-order chi connectivity index (χ1) is 11.5. The highest BCUT2D eigenvalue weighted by Gasteiger charge is 2.19. The summed E-state index contributed by atoms with van der Waals surface area (Å²) in [6.07, 6.45) is 8.24. The van der Waals surface area contributed by atoms with Gasteiger partial charge in [0.25, 0.3) is 0 Å². The summed E-state index contributed by atoms with van der Waals surface area (Å²) in [5, 5.41) is 10.0. The molecule has 0 aromatic carbocycles. The fourth-order valence-corrected chi connectivity index (χ4v) is 3.07. The molecule has 1 aromatic rings. The van der Waals surface area contributed by atoms with Crippen molar-refractivity contribution in [2.75, 3.05) is 32.8 Å². The van der Waals surface area contributed by atoms with Crippen molar-refractivity contribution >= 4 is 11.9 Å². The van der Waals surface area contributed by atoms with Gasteiger partial charge in [0.05, 0.1) is 24.6 Å². The molecule has 0 aliphatic carbocycles. The maximum Gasteiger partial charge on any atom is 0.101 e. The number of hydrogen-bond acceptors (Lipinski definition) is 5. The van der Waals surface area contributed by atoms with Crippen molar-refractivity contribution in [1.29, 1.82) is 0 Å². The Labute approximate surface area is 144 Å². The van der Waals surface area contributed by atoms with E-state index in [9.17, 15) is 5.11 Å². The molecule has 1 fully saturated rings. The molecule has 1 aromatic heterocycles. The van der Waals surface area contributed by atoms with Gasteiger partial charge in [-0.25, -0.2) is 0 Å². The van der Waals surface area contributed by atoms with E-state index in [1.54, 1.807) is 20.0 Å². The molecule has 1 atom stereocenters. The zero-order chi connectivity index (χ0) is 17.0. The Morgan fingerprint density at radius 3 is 2.75 bits per heavy atom. The third-order valence-corrected chi connectivity index (χ3v) is 4.64. The minimum absolute atomic E-state index is 0.523. The second-order valence-corrected chi connectivity index (χ2v) is 7.09. The minimum atomic E-state index is -0.913. The Morgan fingerprint density at radius 2 is 2.08 bits per heavy atom. The van der Waals surface area contributed by atoms with Gasteiger partial charge >= 0.3 is 0 Å². The summed E-state index contributed by atoms with van der Waals surface area (Å²) >= 11 is 0. The van der Waals surface area contributed by atoms with E-state index >= 15 is 0 Å². The lowest BCUT2D eigenvalue weighted by Crippen LogP contribution is -2.37. The molecule has 0 bridgehead atoms. The first-order valence-corrected chi connectivity index (χ1v) is 8.76. The van der Waals surface area contributed by atoms with Gasteiger partial charge < -0.3 is 9.84 Å². The SMILES string of the molecule is CC(C)(O)c1ccc(C2=CC(CCN3CCOCC3)CC=N2)cn1. The van der Waals surface area contributed by atoms with E-state index in [1.807, 2.05) is 18.3 Å². The maximum atomic E-state index is 10.0. The molecular formula is C19H27N3O2. The van der Waals surface area contributed by atoms with Crippen LogP contribution in [0.3, 0.4) is 0 Å². The van der Waals surface area contributed by atoms with Gasteiger partial charge in [0.2, 0.25) is 0 Å². The molecule has 3 rings (SSSR count). The van der Waals surface area contributed by atoms with E-state index in [0.29, 0.717) is 11.6 Å². The molecule has 0 amide bonds. The standard InChI is InChI=1S/C19H27N3O2/c1-19(2,23)18-4-3-16(14-21-18)17-13-15(5-7-20-17)6-8-22-9-11-24-12-10-22/h3-4,7,13-15,23H,5-6,8-12H2,1-2H3. The highest BCUT2D eigenvalue weighted by Crippen LogP contribution is 2.26. The molecule has 1 unspecified atom stereocenters. The van der Waals surface area contributed by atoms with Crippen LogP contribution in [0.25, 0.3) is 5.70 Å². The Balaban J connectivity index is 1.62. The Hall–Kier alpha value is -1.56. The van der Waals surface area contributed by atoms with E-state index < -0.39 is 5.60 Å². The predicted molar refractivity (Wildman–Crippen MR) is 95.9 cm³/mol. The average Bonchev–Trinajstić information content (AvgIpc) is 2.60. The zero-order valence-electron chi connectivity index (χ0n) is 14.6. The van der Waals surface area contributed by atoms with Crippen LogP contribution in [0.5, 0.6) is 0 Å². The average molecular weight is 329 g/mol. The Kier molecular flexibility index (Phi) is 5.43. The molecule has 2 aliphatic heterocycles. The molecular weight excluding hydrogens is 302 g/mol. The summed E-state index contributed by atoms with van der Waals surface area (Å²) < 4.78 is 5.40. The molecule has 1 N–H and O–H groups in total. The van der Waals surface area contributed by atoms with Gasteiger partial charge in [0.1, 0.15) is 5.60 Å². The number of aliphatic imine (C=N–C) groups is 1. The number of hydrogen-bond donors (Lipinski definition) is 1. The fraction of sp³-hybridized carbons (Fsp3) is 0.579. The molecule has 5 heteroatoms. The summed E-state index contributed by atoms with van der Waals surface area (Å²) in [4.78, 5) is 11.4. The van der Waals surface area contributed by atoms with Crippen LogP contribution in [-0.2, 0) is 10.3 Å². The second kappa shape index (κ2) is 7.55. The molecule has 24 heavy (non-hydrogen) atoms. The van der Waals surface area contributed by atoms with E-state index in [0.717, 1.165) is 57.0 Å². The van der Waals surface area contributed by atoms with Crippen molar-refractivity contribution in [3.05, 3.63) is 35.7 Å². The monoisotopic (exact) mass is 329 g/mol. The highest BCUT2D eigenvalue weighted by atomic mass is 16.5. The lowest BCUT2D eigenvalue weighted by Gasteiger charge is -2.28. The third kappa shape index (κ3) is 4.50. The minimum Gasteiger partial charge on any atom is -0.384 e. The van der Waals surface area contributed by atoms with Gasteiger partial charge in [-0.15, -0.1) is 0 Å². The maximum absolute atomic E-state index is 10.0. The van der Waals surface area contributed by atoms with Crippen LogP contribution in [0.2, 0.25) is 0 Å². The molecule has 0 radical (unpaired) electrons. The highest BCUT2D eigenvalue weighted by molar-refractivity contribution is 5.76. The van der Waals surface area contributed by atoms with E-state index in [4.69, 9.17) is 4.74 Å². The molecule has 1 saturated heterocycles. The van der Waals surface area contributed by atoms with Gasteiger partial charge in [-0.05, 0) is 51.3 Å². The predicted octanol–water partition coefficient (Wildman–Crippen LogP) is 2.46. The quantitative estimate of drug-likeness (QED) is 0.901. The number of rotatable bonds is 5. The van der Waals surface area contributed by atoms with Gasteiger partial charge in [0, 0.05) is 31.1 Å². The smallest absolute Gasteiger partial charge is 0.101 e. The number of pyridine rings is 1. The largest absolute Gasteiger partial charge is 0.384 e. The number of aromatic nitrogens is 1. The number of morpholine rings is 1. The van der Waals surface area contributed by atoms with Crippen molar-refractivity contribution in [3.63, 3.8) is 0 Å². The third-order valence-electron chi connectivity index (χ3n) is 4.64. The number of aliphatic hydroxyl groups is 1. The van der Waals surface area contributed by atoms with E-state index in [1.165, 1.54) is 0 Å². The van der Waals surface area contributed by atoms with Crippen LogP contribution < -0.4 is 0 Å². The van der Waals surface area contributed by atoms with Gasteiger partial charge in [0.15, 0.2) is 0 Å². The normalized spacial score (nSPS) is 22.5. The van der Waals surface area contributed by atoms with Crippen molar-refractivity contribution < 1.29 is 9.84 Å². The molecule has 0 saturated carbocycles. The van der Waals surface area contributed by atoms with Crippen LogP contribution in [0.1, 0.15) is 37.9 Å². The molecule has 2 aliphatic rings. The molecule has 5 nitrogen and oxygen atoms in total. The number of nitrogens with zero attached hydrogens (tertiary/aromatic N) is 3. The van der Waals surface area contributed by atoms with Gasteiger partial charge in [-0.1, -0.05) is 6.08 Å². The summed E-state index contributed by atoms with van der Waals surface area (Å²) in [6.45, 7) is 8.39. The van der Waals surface area contributed by atoms with Crippen molar-refractivity contribution in [1.82, 2.24) is 9.88 Å². The van der Waals surface area contributed by atoms with Crippen LogP contribution in [0.15, 0.2) is 29.4 Å². The van der Waals surface area contributed by atoms with Gasteiger partial charge in [-0.3, -0.25) is 14.9 Å². The van der Waals surface area contributed by atoms with Gasteiger partial charge in [-0.2, -0.15) is 0 Å². The van der Waals surface area contributed by atoms with E-state index in [-0.39, 0.29) is 0 Å². The fourth-order valence-electron chi connectivity index (χ4n) is 3.07. The van der Waals surface area contributed by atoms with Crippen molar-refractivity contribution in [2.24, 2.45) is 10.9 Å². The Morgan fingerprint density at radius 1 is 1.29 bits per heavy atom. The van der Waals surface area contributed by atoms with Crippen molar-refractivity contribution in [2.45, 2.75) is 32.3 Å². The molecule has 3 heterocycles. The summed E-state index contributed by atoms with van der Waals surface area (Å²) in [5.74, 6) is 0.523.